The average Bonchev–Trinajstić information content (AvgIpc) is 2.62. The number of rotatable bonds is 4. The lowest BCUT2D eigenvalue weighted by atomic mass is 9.82. The third-order valence-electron chi connectivity index (χ3n) is 5.29. The smallest absolute Gasteiger partial charge is 0.243 e. The van der Waals surface area contributed by atoms with E-state index in [0.29, 0.717) is 39.0 Å². The Bertz CT molecular complexity index is 643. The summed E-state index contributed by atoms with van der Waals surface area (Å²) >= 11 is 0. The van der Waals surface area contributed by atoms with Crippen LogP contribution in [-0.2, 0) is 19.9 Å². The fraction of sp³-hybridized carbons (Fsp3) is 0.579. The standard InChI is InChI=1S/C19H25FN2O3/c1-14(22-10-3-2-7-17(22)23)18(24)21-19(8-11-25-12-9-19)15-5-4-6-16(20)13-15/h4-6,13-14H,2-3,7-12H2,1H3,(H,21,24)/t14-/m1/s1. The Labute approximate surface area is 147 Å². The van der Waals surface area contributed by atoms with Crippen molar-refractivity contribution in [3.8, 4) is 0 Å². The predicted molar refractivity (Wildman–Crippen MR) is 91.3 cm³/mol. The van der Waals surface area contributed by atoms with E-state index in [2.05, 4.69) is 5.32 Å². The fourth-order valence-corrected chi connectivity index (χ4v) is 3.71. The number of nitrogens with zero attached hydrogens (tertiary/aromatic N) is 1. The minimum Gasteiger partial charge on any atom is -0.381 e. The monoisotopic (exact) mass is 348 g/mol. The molecule has 25 heavy (non-hydrogen) atoms. The third kappa shape index (κ3) is 3.84. The number of ether oxygens (including phenoxy) is 1. The Morgan fingerprint density at radius 1 is 1.32 bits per heavy atom. The van der Waals surface area contributed by atoms with Gasteiger partial charge in [-0.1, -0.05) is 12.1 Å². The molecule has 1 aromatic rings. The Morgan fingerprint density at radius 2 is 2.08 bits per heavy atom. The van der Waals surface area contributed by atoms with E-state index in [0.717, 1.165) is 18.4 Å². The van der Waals surface area contributed by atoms with Crippen LogP contribution in [0.5, 0.6) is 0 Å². The van der Waals surface area contributed by atoms with Crippen LogP contribution in [0.15, 0.2) is 24.3 Å². The molecule has 0 aliphatic carbocycles. The van der Waals surface area contributed by atoms with Gasteiger partial charge in [-0.05, 0) is 50.3 Å². The molecule has 2 aliphatic rings. The maximum absolute atomic E-state index is 13.7. The Balaban J connectivity index is 1.80. The Kier molecular flexibility index (Phi) is 5.37. The molecule has 136 valence electrons. The normalized spacial score (nSPS) is 21.7. The van der Waals surface area contributed by atoms with E-state index in [4.69, 9.17) is 4.74 Å². The molecule has 3 rings (SSSR count). The number of hydrogen-bond donors (Lipinski definition) is 1. The van der Waals surface area contributed by atoms with Gasteiger partial charge < -0.3 is 15.0 Å². The summed E-state index contributed by atoms with van der Waals surface area (Å²) in [5.74, 6) is -0.487. The number of carbonyl (C=O) groups is 2. The molecule has 0 aromatic heterocycles. The molecular weight excluding hydrogens is 323 g/mol. The molecule has 1 aromatic carbocycles. The van der Waals surface area contributed by atoms with Crippen LogP contribution < -0.4 is 5.32 Å². The van der Waals surface area contributed by atoms with E-state index in [9.17, 15) is 14.0 Å². The zero-order valence-corrected chi connectivity index (χ0v) is 14.6. The Hall–Kier alpha value is -1.95. The van der Waals surface area contributed by atoms with Crippen molar-refractivity contribution in [1.82, 2.24) is 10.2 Å². The lowest BCUT2D eigenvalue weighted by Crippen LogP contribution is -2.56. The second-order valence-electron chi connectivity index (χ2n) is 6.91. The largest absolute Gasteiger partial charge is 0.381 e. The highest BCUT2D eigenvalue weighted by Crippen LogP contribution is 2.33. The first kappa shape index (κ1) is 17.9. The summed E-state index contributed by atoms with van der Waals surface area (Å²) in [6, 6.07) is 5.84. The highest BCUT2D eigenvalue weighted by atomic mass is 19.1. The summed E-state index contributed by atoms with van der Waals surface area (Å²) in [6.45, 7) is 3.39. The maximum atomic E-state index is 13.7. The van der Waals surface area contributed by atoms with Crippen molar-refractivity contribution < 1.29 is 18.7 Å². The molecule has 2 amide bonds. The van der Waals surface area contributed by atoms with Crippen LogP contribution in [0.25, 0.3) is 0 Å². The van der Waals surface area contributed by atoms with Crippen LogP contribution in [-0.4, -0.2) is 42.5 Å². The van der Waals surface area contributed by atoms with E-state index in [1.54, 1.807) is 17.9 Å². The molecule has 0 radical (unpaired) electrons. The van der Waals surface area contributed by atoms with Gasteiger partial charge in [0.25, 0.3) is 0 Å². The number of piperidine rings is 1. The van der Waals surface area contributed by atoms with Crippen molar-refractivity contribution in [1.29, 1.82) is 0 Å². The number of nitrogens with one attached hydrogen (secondary N) is 1. The van der Waals surface area contributed by atoms with Crippen LogP contribution in [0.2, 0.25) is 0 Å². The Morgan fingerprint density at radius 3 is 2.76 bits per heavy atom. The number of amides is 2. The summed E-state index contributed by atoms with van der Waals surface area (Å²) in [6.07, 6.45) is 3.48. The molecule has 0 spiro atoms. The van der Waals surface area contributed by atoms with Crippen LogP contribution in [0.1, 0.15) is 44.6 Å². The average molecular weight is 348 g/mol. The van der Waals surface area contributed by atoms with Gasteiger partial charge in [0.05, 0.1) is 5.54 Å². The lowest BCUT2D eigenvalue weighted by Gasteiger charge is -2.40. The molecule has 2 fully saturated rings. The van der Waals surface area contributed by atoms with Gasteiger partial charge in [-0.2, -0.15) is 0 Å². The first-order valence-electron chi connectivity index (χ1n) is 8.97. The number of halogens is 1. The highest BCUT2D eigenvalue weighted by molar-refractivity contribution is 5.88. The fourth-order valence-electron chi connectivity index (χ4n) is 3.71. The minimum absolute atomic E-state index is 0.0284. The van der Waals surface area contributed by atoms with Crippen LogP contribution in [0, 0.1) is 5.82 Å². The van der Waals surface area contributed by atoms with E-state index in [-0.39, 0.29) is 17.6 Å². The molecule has 2 aliphatic heterocycles. The van der Waals surface area contributed by atoms with Crippen molar-refractivity contribution >= 4 is 11.8 Å². The van der Waals surface area contributed by atoms with E-state index in [1.807, 2.05) is 6.07 Å². The molecule has 0 bridgehead atoms. The van der Waals surface area contributed by atoms with Gasteiger partial charge in [-0.25, -0.2) is 4.39 Å². The van der Waals surface area contributed by atoms with Crippen molar-refractivity contribution in [2.24, 2.45) is 0 Å². The summed E-state index contributed by atoms with van der Waals surface area (Å²) < 4.78 is 19.2. The minimum atomic E-state index is -0.648. The maximum Gasteiger partial charge on any atom is 0.243 e. The zero-order valence-electron chi connectivity index (χ0n) is 14.6. The molecule has 2 saturated heterocycles. The van der Waals surface area contributed by atoms with Crippen molar-refractivity contribution in [3.05, 3.63) is 35.6 Å². The van der Waals surface area contributed by atoms with Gasteiger partial charge >= 0.3 is 0 Å². The SMILES string of the molecule is C[C@H](C(=O)NC1(c2cccc(F)c2)CCOCC1)N1CCCCC1=O. The summed E-state index contributed by atoms with van der Waals surface area (Å²) in [5, 5.41) is 3.11. The third-order valence-corrected chi connectivity index (χ3v) is 5.29. The number of benzene rings is 1. The molecule has 2 heterocycles. The first-order valence-corrected chi connectivity index (χ1v) is 8.97. The van der Waals surface area contributed by atoms with Gasteiger partial charge in [-0.15, -0.1) is 0 Å². The van der Waals surface area contributed by atoms with Crippen molar-refractivity contribution in [3.63, 3.8) is 0 Å². The molecule has 0 saturated carbocycles. The highest BCUT2D eigenvalue weighted by Gasteiger charge is 2.38. The second-order valence-corrected chi connectivity index (χ2v) is 6.91. The summed E-state index contributed by atoms with van der Waals surface area (Å²) in [7, 11) is 0. The number of likely N-dealkylation sites (tertiary alicyclic amines) is 1. The predicted octanol–water partition coefficient (Wildman–Crippen LogP) is 2.35. The molecule has 1 atom stereocenters. The molecule has 5 nitrogen and oxygen atoms in total. The van der Waals surface area contributed by atoms with Gasteiger partial charge in [-0.3, -0.25) is 9.59 Å². The molecular formula is C19H25FN2O3. The quantitative estimate of drug-likeness (QED) is 0.909. The topological polar surface area (TPSA) is 58.6 Å². The summed E-state index contributed by atoms with van der Waals surface area (Å²) in [5.41, 5.74) is 0.103. The van der Waals surface area contributed by atoms with E-state index in [1.165, 1.54) is 12.1 Å². The molecule has 6 heteroatoms. The number of hydrogen-bond acceptors (Lipinski definition) is 3. The van der Waals surface area contributed by atoms with Crippen LogP contribution in [0.3, 0.4) is 0 Å². The van der Waals surface area contributed by atoms with Gasteiger partial charge in [0.2, 0.25) is 11.8 Å². The lowest BCUT2D eigenvalue weighted by molar-refractivity contribution is -0.143. The molecule has 0 unspecified atom stereocenters. The second kappa shape index (κ2) is 7.52. The van der Waals surface area contributed by atoms with Crippen LogP contribution >= 0.6 is 0 Å². The van der Waals surface area contributed by atoms with Gasteiger partial charge in [0.15, 0.2) is 0 Å². The molecule has 1 N–H and O–H groups in total. The van der Waals surface area contributed by atoms with E-state index >= 15 is 0 Å². The zero-order chi connectivity index (χ0) is 17.9. The van der Waals surface area contributed by atoms with Gasteiger partial charge in [0, 0.05) is 26.2 Å². The van der Waals surface area contributed by atoms with E-state index < -0.39 is 11.6 Å². The first-order chi connectivity index (χ1) is 12.0. The van der Waals surface area contributed by atoms with Crippen LogP contribution in [0.4, 0.5) is 4.39 Å². The summed E-state index contributed by atoms with van der Waals surface area (Å²) in [4.78, 5) is 26.6. The number of carbonyl (C=O) groups excluding carboxylic acids is 2. The van der Waals surface area contributed by atoms with Crippen molar-refractivity contribution in [2.45, 2.75) is 50.6 Å². The van der Waals surface area contributed by atoms with Gasteiger partial charge in [0.1, 0.15) is 11.9 Å². The van der Waals surface area contributed by atoms with Crippen molar-refractivity contribution in [2.75, 3.05) is 19.8 Å².